The molecule has 0 aliphatic rings. The third kappa shape index (κ3) is 4.35. The zero-order valence-corrected chi connectivity index (χ0v) is 13.7. The van der Waals surface area contributed by atoms with Crippen LogP contribution in [0.1, 0.15) is 22.3 Å². The van der Waals surface area contributed by atoms with Crippen LogP contribution in [0.5, 0.6) is 5.75 Å². The van der Waals surface area contributed by atoms with Crippen LogP contribution in [0.15, 0.2) is 42.5 Å². The predicted molar refractivity (Wildman–Crippen MR) is 89.1 cm³/mol. The molecule has 3 heteroatoms. The quantitative estimate of drug-likeness (QED) is 0.843. The minimum absolute atomic E-state index is 0.0273. The van der Waals surface area contributed by atoms with Crippen molar-refractivity contribution >= 4 is 5.91 Å². The second-order valence-corrected chi connectivity index (χ2v) is 5.79. The lowest BCUT2D eigenvalue weighted by Crippen LogP contribution is -2.31. The van der Waals surface area contributed by atoms with Gasteiger partial charge in [0.2, 0.25) is 0 Å². The molecule has 0 aromatic heterocycles. The summed E-state index contributed by atoms with van der Waals surface area (Å²) < 4.78 is 5.64. The lowest BCUT2D eigenvalue weighted by Gasteiger charge is -2.18. The Morgan fingerprint density at radius 1 is 1.00 bits per heavy atom. The molecule has 0 radical (unpaired) electrons. The van der Waals surface area contributed by atoms with Crippen LogP contribution in [0.2, 0.25) is 0 Å². The average molecular weight is 297 g/mol. The molecule has 116 valence electrons. The Bertz CT molecular complexity index is 647. The highest BCUT2D eigenvalue weighted by atomic mass is 16.5. The van der Waals surface area contributed by atoms with Crippen molar-refractivity contribution in [1.82, 2.24) is 4.90 Å². The molecule has 0 bridgehead atoms. The first-order valence-electron chi connectivity index (χ1n) is 7.45. The molecule has 2 aromatic rings. The lowest BCUT2D eigenvalue weighted by molar-refractivity contribution is -0.132. The van der Waals surface area contributed by atoms with Crippen LogP contribution in [0.25, 0.3) is 0 Å². The Labute approximate surface area is 132 Å². The molecular weight excluding hydrogens is 274 g/mol. The molecule has 0 N–H and O–H groups in total. The number of ether oxygens (including phenoxy) is 1. The summed E-state index contributed by atoms with van der Waals surface area (Å²) in [6.45, 7) is 6.73. The van der Waals surface area contributed by atoms with Crippen LogP contribution >= 0.6 is 0 Å². The number of aryl methyl sites for hydroxylation is 3. The minimum atomic E-state index is -0.0273. The summed E-state index contributed by atoms with van der Waals surface area (Å²) in [5, 5.41) is 0. The van der Waals surface area contributed by atoms with Crippen molar-refractivity contribution in [2.45, 2.75) is 27.3 Å². The molecule has 0 unspecified atom stereocenters. The van der Waals surface area contributed by atoms with Gasteiger partial charge < -0.3 is 9.64 Å². The third-order valence-corrected chi connectivity index (χ3v) is 3.65. The molecule has 0 fully saturated rings. The Hall–Kier alpha value is -2.29. The Balaban J connectivity index is 1.89. The highest BCUT2D eigenvalue weighted by molar-refractivity contribution is 5.77. The van der Waals surface area contributed by atoms with E-state index in [1.54, 1.807) is 11.9 Å². The van der Waals surface area contributed by atoms with E-state index in [-0.39, 0.29) is 12.5 Å². The fourth-order valence-corrected chi connectivity index (χ4v) is 2.27. The number of likely N-dealkylation sites (N-methyl/N-ethyl adjacent to an activating group) is 1. The molecule has 0 atom stereocenters. The Kier molecular flexibility index (Phi) is 5.21. The van der Waals surface area contributed by atoms with Crippen LogP contribution in [0, 0.1) is 20.8 Å². The van der Waals surface area contributed by atoms with E-state index in [0.29, 0.717) is 6.54 Å². The maximum Gasteiger partial charge on any atom is 0.260 e. The number of hydrogen-bond donors (Lipinski definition) is 0. The van der Waals surface area contributed by atoms with Crippen LogP contribution in [-0.4, -0.2) is 24.5 Å². The van der Waals surface area contributed by atoms with Crippen molar-refractivity contribution in [1.29, 1.82) is 0 Å². The topological polar surface area (TPSA) is 29.5 Å². The van der Waals surface area contributed by atoms with Gasteiger partial charge in [-0.3, -0.25) is 4.79 Å². The summed E-state index contributed by atoms with van der Waals surface area (Å²) in [6, 6.07) is 14.2. The van der Waals surface area contributed by atoms with Gasteiger partial charge in [0.25, 0.3) is 5.91 Å². The number of hydrogen-bond acceptors (Lipinski definition) is 2. The monoisotopic (exact) mass is 297 g/mol. The second-order valence-electron chi connectivity index (χ2n) is 5.79. The van der Waals surface area contributed by atoms with Crippen molar-refractivity contribution in [3.8, 4) is 5.75 Å². The van der Waals surface area contributed by atoms with Crippen molar-refractivity contribution in [3.63, 3.8) is 0 Å². The van der Waals surface area contributed by atoms with E-state index in [9.17, 15) is 4.79 Å². The summed E-state index contributed by atoms with van der Waals surface area (Å²) in [4.78, 5) is 13.9. The van der Waals surface area contributed by atoms with Crippen LogP contribution in [0.4, 0.5) is 0 Å². The van der Waals surface area contributed by atoms with Gasteiger partial charge in [0.05, 0.1) is 0 Å². The smallest absolute Gasteiger partial charge is 0.260 e. The first-order valence-corrected chi connectivity index (χ1v) is 7.45. The highest BCUT2D eigenvalue weighted by Crippen LogP contribution is 2.18. The van der Waals surface area contributed by atoms with E-state index in [2.05, 4.69) is 25.1 Å². The van der Waals surface area contributed by atoms with Gasteiger partial charge in [-0.15, -0.1) is 0 Å². The van der Waals surface area contributed by atoms with Gasteiger partial charge in [-0.05, 0) is 38.0 Å². The number of amides is 1. The zero-order valence-electron chi connectivity index (χ0n) is 13.7. The van der Waals surface area contributed by atoms with Crippen molar-refractivity contribution in [2.24, 2.45) is 0 Å². The van der Waals surface area contributed by atoms with Gasteiger partial charge in [-0.2, -0.15) is 0 Å². The minimum Gasteiger partial charge on any atom is -0.484 e. The van der Waals surface area contributed by atoms with Crippen LogP contribution < -0.4 is 4.74 Å². The van der Waals surface area contributed by atoms with Gasteiger partial charge in [0.15, 0.2) is 6.61 Å². The molecule has 0 aliphatic heterocycles. The third-order valence-electron chi connectivity index (χ3n) is 3.65. The maximum atomic E-state index is 12.2. The molecule has 2 rings (SSSR count). The Morgan fingerprint density at radius 3 is 2.27 bits per heavy atom. The first-order chi connectivity index (χ1) is 10.5. The standard InChI is InChI=1S/C19H23NO2/c1-14-5-8-17(9-6-14)12-20(4)19(21)13-22-18-10-7-15(2)11-16(18)3/h5-11H,12-13H2,1-4H3. The number of nitrogens with zero attached hydrogens (tertiary/aromatic N) is 1. The average Bonchev–Trinajstić information content (AvgIpc) is 2.48. The summed E-state index contributed by atoms with van der Waals surface area (Å²) in [7, 11) is 1.80. The van der Waals surface area contributed by atoms with E-state index >= 15 is 0 Å². The van der Waals surface area contributed by atoms with Crippen LogP contribution in [0.3, 0.4) is 0 Å². The largest absolute Gasteiger partial charge is 0.484 e. The molecule has 0 saturated carbocycles. The summed E-state index contributed by atoms with van der Waals surface area (Å²) in [6.07, 6.45) is 0. The van der Waals surface area contributed by atoms with Crippen LogP contribution in [-0.2, 0) is 11.3 Å². The van der Waals surface area contributed by atoms with Gasteiger partial charge in [-0.1, -0.05) is 47.5 Å². The van der Waals surface area contributed by atoms with E-state index in [0.717, 1.165) is 16.9 Å². The SMILES string of the molecule is Cc1ccc(CN(C)C(=O)COc2ccc(C)cc2C)cc1. The van der Waals surface area contributed by atoms with Crippen molar-refractivity contribution in [2.75, 3.05) is 13.7 Å². The van der Waals surface area contributed by atoms with Gasteiger partial charge in [0, 0.05) is 13.6 Å². The number of benzene rings is 2. The van der Waals surface area contributed by atoms with Crippen molar-refractivity contribution in [3.05, 3.63) is 64.7 Å². The molecule has 0 heterocycles. The molecule has 2 aromatic carbocycles. The normalized spacial score (nSPS) is 10.4. The summed E-state index contributed by atoms with van der Waals surface area (Å²) in [5.41, 5.74) is 4.57. The van der Waals surface area contributed by atoms with E-state index in [4.69, 9.17) is 4.74 Å². The maximum absolute atomic E-state index is 12.2. The number of rotatable bonds is 5. The summed E-state index contributed by atoms with van der Waals surface area (Å²) >= 11 is 0. The van der Waals surface area contributed by atoms with Gasteiger partial charge in [0.1, 0.15) is 5.75 Å². The molecule has 0 spiro atoms. The number of carbonyl (C=O) groups excluding carboxylic acids is 1. The molecule has 3 nitrogen and oxygen atoms in total. The van der Waals surface area contributed by atoms with Gasteiger partial charge >= 0.3 is 0 Å². The van der Waals surface area contributed by atoms with E-state index in [1.165, 1.54) is 11.1 Å². The zero-order chi connectivity index (χ0) is 16.1. The summed E-state index contributed by atoms with van der Waals surface area (Å²) in [5.74, 6) is 0.739. The number of carbonyl (C=O) groups is 1. The second kappa shape index (κ2) is 7.12. The molecule has 1 amide bonds. The first kappa shape index (κ1) is 16.1. The molecular formula is C19H23NO2. The van der Waals surface area contributed by atoms with E-state index in [1.807, 2.05) is 38.1 Å². The molecule has 22 heavy (non-hydrogen) atoms. The molecule has 0 aliphatic carbocycles. The lowest BCUT2D eigenvalue weighted by atomic mass is 10.1. The fourth-order valence-electron chi connectivity index (χ4n) is 2.27. The Morgan fingerprint density at radius 2 is 1.64 bits per heavy atom. The fraction of sp³-hybridized carbons (Fsp3) is 0.316. The molecule has 0 saturated heterocycles. The highest BCUT2D eigenvalue weighted by Gasteiger charge is 2.11. The van der Waals surface area contributed by atoms with Gasteiger partial charge in [-0.25, -0.2) is 0 Å². The predicted octanol–water partition coefficient (Wildman–Crippen LogP) is 3.65. The van der Waals surface area contributed by atoms with Crippen molar-refractivity contribution < 1.29 is 9.53 Å². The van der Waals surface area contributed by atoms with E-state index < -0.39 is 0 Å².